The molecule has 2 rings (SSSR count). The fourth-order valence-corrected chi connectivity index (χ4v) is 3.44. The lowest BCUT2D eigenvalue weighted by Gasteiger charge is -2.34. The van der Waals surface area contributed by atoms with Gasteiger partial charge in [0.05, 0.1) is 0 Å². The molecule has 1 aromatic carbocycles. The van der Waals surface area contributed by atoms with Gasteiger partial charge in [0.1, 0.15) is 0 Å². The van der Waals surface area contributed by atoms with E-state index >= 15 is 0 Å². The van der Waals surface area contributed by atoms with E-state index in [2.05, 4.69) is 63.8 Å². The highest BCUT2D eigenvalue weighted by Gasteiger charge is 2.23. The number of guanidine groups is 1. The van der Waals surface area contributed by atoms with Gasteiger partial charge >= 0.3 is 0 Å². The van der Waals surface area contributed by atoms with E-state index in [0.717, 1.165) is 45.0 Å². The number of carbonyl (C=O) groups is 1. The Morgan fingerprint density at radius 1 is 1.22 bits per heavy atom. The highest BCUT2D eigenvalue weighted by atomic mass is 127. The molecule has 0 atom stereocenters. The Morgan fingerprint density at radius 3 is 2.41 bits per heavy atom. The van der Waals surface area contributed by atoms with Crippen LogP contribution in [-0.2, 0) is 17.9 Å². The average Bonchev–Trinajstić information content (AvgIpc) is 2.64. The fraction of sp³-hybridized carbons (Fsp3) is 0.600. The van der Waals surface area contributed by atoms with Gasteiger partial charge in [0.15, 0.2) is 5.96 Å². The topological polar surface area (TPSA) is 60.0 Å². The number of halogens is 1. The normalized spacial score (nSPS) is 15.4. The number of aliphatic imine (C=N–C) groups is 1. The minimum Gasteiger partial charge on any atom is -0.359 e. The summed E-state index contributed by atoms with van der Waals surface area (Å²) < 4.78 is 0. The number of nitrogens with zero attached hydrogens (tertiary/aromatic N) is 3. The molecule has 1 fully saturated rings. The van der Waals surface area contributed by atoms with E-state index < -0.39 is 0 Å². The quantitative estimate of drug-likeness (QED) is 0.368. The van der Waals surface area contributed by atoms with Crippen LogP contribution in [0.4, 0.5) is 0 Å². The summed E-state index contributed by atoms with van der Waals surface area (Å²) in [7, 11) is 7.72. The van der Waals surface area contributed by atoms with Gasteiger partial charge in [-0.1, -0.05) is 24.3 Å². The minimum absolute atomic E-state index is 0. The molecule has 7 heteroatoms. The molecule has 1 aromatic rings. The summed E-state index contributed by atoms with van der Waals surface area (Å²) in [4.78, 5) is 20.5. The van der Waals surface area contributed by atoms with Crippen LogP contribution in [0.1, 0.15) is 30.4 Å². The molecule has 0 unspecified atom stereocenters. The number of benzene rings is 1. The Balaban J connectivity index is 0.00000364. The SMILES string of the molecule is CN=C(NCc1ccccc1CN(C)C)N1CCC(CC(=O)NC)CC1.I. The van der Waals surface area contributed by atoms with Crippen molar-refractivity contribution in [1.82, 2.24) is 20.4 Å². The Morgan fingerprint density at radius 2 is 1.85 bits per heavy atom. The first-order chi connectivity index (χ1) is 12.5. The van der Waals surface area contributed by atoms with Crippen molar-refractivity contribution in [3.05, 3.63) is 35.4 Å². The fourth-order valence-electron chi connectivity index (χ4n) is 3.44. The molecule has 1 aliphatic rings. The number of likely N-dealkylation sites (tertiary alicyclic amines) is 1. The van der Waals surface area contributed by atoms with Crippen LogP contribution in [0.2, 0.25) is 0 Å². The predicted molar refractivity (Wildman–Crippen MR) is 122 cm³/mol. The molecule has 1 saturated heterocycles. The maximum Gasteiger partial charge on any atom is 0.220 e. The Labute approximate surface area is 180 Å². The molecule has 0 radical (unpaired) electrons. The van der Waals surface area contributed by atoms with Crippen molar-refractivity contribution in [1.29, 1.82) is 0 Å². The van der Waals surface area contributed by atoms with E-state index in [1.54, 1.807) is 7.05 Å². The van der Waals surface area contributed by atoms with Gasteiger partial charge < -0.3 is 20.4 Å². The Bertz CT molecular complexity index is 612. The molecule has 152 valence electrons. The van der Waals surface area contributed by atoms with Crippen LogP contribution in [0, 0.1) is 5.92 Å². The zero-order valence-corrected chi connectivity index (χ0v) is 19.3. The summed E-state index contributed by atoms with van der Waals surface area (Å²) in [6, 6.07) is 8.54. The molecule has 0 bridgehead atoms. The van der Waals surface area contributed by atoms with E-state index in [0.29, 0.717) is 12.3 Å². The average molecular weight is 487 g/mol. The number of nitrogens with one attached hydrogen (secondary N) is 2. The van der Waals surface area contributed by atoms with Crippen molar-refractivity contribution in [3.63, 3.8) is 0 Å². The van der Waals surface area contributed by atoms with Crippen molar-refractivity contribution in [3.8, 4) is 0 Å². The van der Waals surface area contributed by atoms with Crippen LogP contribution in [0.25, 0.3) is 0 Å². The molecule has 6 nitrogen and oxygen atoms in total. The summed E-state index contributed by atoms with van der Waals surface area (Å²) >= 11 is 0. The van der Waals surface area contributed by atoms with E-state index in [4.69, 9.17) is 0 Å². The van der Waals surface area contributed by atoms with E-state index in [1.807, 2.05) is 7.05 Å². The van der Waals surface area contributed by atoms with E-state index in [-0.39, 0.29) is 29.9 Å². The second-order valence-corrected chi connectivity index (χ2v) is 7.21. The predicted octanol–water partition coefficient (Wildman–Crippen LogP) is 2.29. The highest BCUT2D eigenvalue weighted by Crippen LogP contribution is 2.20. The third-order valence-corrected chi connectivity index (χ3v) is 4.92. The molecular formula is C20H34IN5O. The number of hydrogen-bond donors (Lipinski definition) is 2. The maximum absolute atomic E-state index is 11.6. The molecule has 1 amide bonds. The van der Waals surface area contributed by atoms with Crippen molar-refractivity contribution in [2.75, 3.05) is 41.3 Å². The second kappa shape index (κ2) is 12.2. The van der Waals surface area contributed by atoms with Crippen molar-refractivity contribution in [2.45, 2.75) is 32.4 Å². The van der Waals surface area contributed by atoms with Crippen LogP contribution in [0.5, 0.6) is 0 Å². The summed E-state index contributed by atoms with van der Waals surface area (Å²) in [6.07, 6.45) is 2.70. The van der Waals surface area contributed by atoms with Gasteiger partial charge in [0.25, 0.3) is 0 Å². The van der Waals surface area contributed by atoms with Gasteiger partial charge in [-0.25, -0.2) is 0 Å². The Hall–Kier alpha value is -1.35. The standard InChI is InChI=1S/C20H33N5O.HI/c1-21-19(26)13-16-9-11-25(12-10-16)20(22-2)23-14-17-7-5-6-8-18(17)15-24(3)4;/h5-8,16H,9-15H2,1-4H3,(H,21,26)(H,22,23);1H. The largest absolute Gasteiger partial charge is 0.359 e. The molecule has 1 aliphatic heterocycles. The third kappa shape index (κ3) is 7.65. The van der Waals surface area contributed by atoms with Gasteiger partial charge in [-0.2, -0.15) is 0 Å². The molecule has 2 N–H and O–H groups in total. The zero-order valence-electron chi connectivity index (χ0n) is 17.0. The van der Waals surface area contributed by atoms with Crippen LogP contribution < -0.4 is 10.6 Å². The van der Waals surface area contributed by atoms with E-state index in [1.165, 1.54) is 11.1 Å². The van der Waals surface area contributed by atoms with Crippen molar-refractivity contribution < 1.29 is 4.79 Å². The first kappa shape index (κ1) is 23.7. The highest BCUT2D eigenvalue weighted by molar-refractivity contribution is 14.0. The monoisotopic (exact) mass is 487 g/mol. The Kier molecular flexibility index (Phi) is 10.7. The first-order valence-electron chi connectivity index (χ1n) is 9.41. The minimum atomic E-state index is 0. The van der Waals surface area contributed by atoms with Gasteiger partial charge in [0.2, 0.25) is 5.91 Å². The van der Waals surface area contributed by atoms with Crippen LogP contribution in [0.3, 0.4) is 0 Å². The van der Waals surface area contributed by atoms with Gasteiger partial charge in [-0.3, -0.25) is 9.79 Å². The number of carbonyl (C=O) groups excluding carboxylic acids is 1. The molecular weight excluding hydrogens is 453 g/mol. The molecule has 0 aromatic heterocycles. The molecule has 1 heterocycles. The van der Waals surface area contributed by atoms with E-state index in [9.17, 15) is 4.79 Å². The van der Waals surface area contributed by atoms with Crippen LogP contribution in [0.15, 0.2) is 29.3 Å². The number of amides is 1. The molecule has 0 aliphatic carbocycles. The summed E-state index contributed by atoms with van der Waals surface area (Å²) in [5, 5.41) is 6.24. The molecule has 0 saturated carbocycles. The first-order valence-corrected chi connectivity index (χ1v) is 9.41. The summed E-state index contributed by atoms with van der Waals surface area (Å²) in [6.45, 7) is 3.59. The summed E-state index contributed by atoms with van der Waals surface area (Å²) in [5.41, 5.74) is 2.64. The molecule has 27 heavy (non-hydrogen) atoms. The third-order valence-electron chi connectivity index (χ3n) is 4.92. The van der Waals surface area contributed by atoms with Gasteiger partial charge in [0, 0.05) is 46.7 Å². The smallest absolute Gasteiger partial charge is 0.220 e. The van der Waals surface area contributed by atoms with Crippen molar-refractivity contribution in [2.24, 2.45) is 10.9 Å². The number of rotatable bonds is 6. The number of hydrogen-bond acceptors (Lipinski definition) is 3. The van der Waals surface area contributed by atoms with Gasteiger partial charge in [-0.15, -0.1) is 24.0 Å². The number of piperidine rings is 1. The van der Waals surface area contributed by atoms with Crippen LogP contribution >= 0.6 is 24.0 Å². The molecule has 0 spiro atoms. The lowest BCUT2D eigenvalue weighted by Crippen LogP contribution is -2.45. The zero-order chi connectivity index (χ0) is 18.9. The lowest BCUT2D eigenvalue weighted by molar-refractivity contribution is -0.121. The van der Waals surface area contributed by atoms with Gasteiger partial charge in [-0.05, 0) is 44.0 Å². The second-order valence-electron chi connectivity index (χ2n) is 7.21. The summed E-state index contributed by atoms with van der Waals surface area (Å²) in [5.74, 6) is 1.57. The lowest BCUT2D eigenvalue weighted by atomic mass is 9.93. The van der Waals surface area contributed by atoms with Crippen molar-refractivity contribution >= 4 is 35.8 Å². The maximum atomic E-state index is 11.6. The van der Waals surface area contributed by atoms with Crippen LogP contribution in [-0.4, -0.2) is 62.9 Å².